The van der Waals surface area contributed by atoms with Gasteiger partial charge < -0.3 is 0 Å². The number of carbonyl (C=O) groups excluding carboxylic acids is 2. The van der Waals surface area contributed by atoms with Crippen molar-refractivity contribution in [3.8, 4) is 22.3 Å². The van der Waals surface area contributed by atoms with Crippen LogP contribution in [0.3, 0.4) is 0 Å². The zero-order chi connectivity index (χ0) is 46.3. The van der Waals surface area contributed by atoms with Gasteiger partial charge in [-0.1, -0.05) is 151 Å². The molecule has 0 unspecified atom stereocenters. The SMILES string of the molecule is Cc1cc(C)cc(-c2cc(C)cc(-c3cc(C)cc(C)c3)c2N2/C(=C/C=C3C(=O)c4cc(Cl)c(Cl)cc4C3=O)N(c3c(C(C)C)cccc3C(C)C)c3nc4cc(Cl)c(Cl)cc4nc32)c1. The molecule has 2 heterocycles. The van der Waals surface area contributed by atoms with Crippen LogP contribution in [-0.4, -0.2) is 21.5 Å². The van der Waals surface area contributed by atoms with Crippen molar-refractivity contribution < 1.29 is 9.59 Å². The van der Waals surface area contributed by atoms with Crippen molar-refractivity contribution in [3.63, 3.8) is 0 Å². The van der Waals surface area contributed by atoms with Crippen LogP contribution in [-0.2, 0) is 0 Å². The van der Waals surface area contributed by atoms with Crippen LogP contribution in [0.1, 0.15) is 99.2 Å². The number of fused-ring (bicyclic) bond motifs is 3. The average Bonchev–Trinajstić information content (AvgIpc) is 3.65. The summed E-state index contributed by atoms with van der Waals surface area (Å²) in [6, 6.07) is 30.4. The van der Waals surface area contributed by atoms with Crippen LogP contribution >= 0.6 is 46.4 Å². The van der Waals surface area contributed by atoms with E-state index >= 15 is 0 Å². The summed E-state index contributed by atoms with van der Waals surface area (Å²) in [6.45, 7) is 19.3. The maximum atomic E-state index is 14.3. The number of anilines is 4. The van der Waals surface area contributed by atoms with Crippen LogP contribution in [0.4, 0.5) is 23.0 Å². The first kappa shape index (κ1) is 44.4. The maximum absolute atomic E-state index is 14.3. The Morgan fingerprint density at radius 2 is 0.862 bits per heavy atom. The Balaban J connectivity index is 1.47. The van der Waals surface area contributed by atoms with Crippen LogP contribution in [0.25, 0.3) is 33.3 Å². The third-order valence-electron chi connectivity index (χ3n) is 12.1. The van der Waals surface area contributed by atoms with Gasteiger partial charge in [-0.3, -0.25) is 19.4 Å². The first-order valence-electron chi connectivity index (χ1n) is 21.6. The number of ketones is 2. The predicted octanol–water partition coefficient (Wildman–Crippen LogP) is 16.5. The molecule has 1 aromatic heterocycles. The zero-order valence-corrected chi connectivity index (χ0v) is 40.6. The average molecular weight is 937 g/mol. The second kappa shape index (κ2) is 16.9. The molecule has 0 bridgehead atoms. The number of nitrogens with zero attached hydrogens (tertiary/aromatic N) is 4. The van der Waals surface area contributed by atoms with Crippen LogP contribution in [0.15, 0.2) is 115 Å². The maximum Gasteiger partial charge on any atom is 0.197 e. The molecule has 9 rings (SSSR count). The number of hydrogen-bond acceptors (Lipinski definition) is 6. The minimum Gasteiger partial charge on any atom is -0.288 e. The minimum absolute atomic E-state index is 0.0134. The van der Waals surface area contributed by atoms with Crippen molar-refractivity contribution in [2.24, 2.45) is 0 Å². The number of carbonyl (C=O) groups is 2. The second-order valence-corrected chi connectivity index (χ2v) is 19.6. The smallest absolute Gasteiger partial charge is 0.197 e. The lowest BCUT2D eigenvalue weighted by atomic mass is 9.90. The highest BCUT2D eigenvalue weighted by molar-refractivity contribution is 6.45. The number of allylic oxidation sites excluding steroid dienone is 3. The van der Waals surface area contributed by atoms with Gasteiger partial charge in [-0.2, -0.15) is 0 Å². The number of halogens is 4. The molecule has 0 saturated heterocycles. The van der Waals surface area contributed by atoms with Crippen molar-refractivity contribution >= 4 is 92.0 Å². The Kier molecular flexibility index (Phi) is 11.6. The van der Waals surface area contributed by atoms with E-state index in [1.807, 2.05) is 6.08 Å². The highest BCUT2D eigenvalue weighted by Gasteiger charge is 2.42. The molecule has 10 heteroatoms. The molecule has 6 aromatic carbocycles. The topological polar surface area (TPSA) is 66.4 Å². The van der Waals surface area contributed by atoms with E-state index in [0.717, 1.165) is 72.6 Å². The van der Waals surface area contributed by atoms with Gasteiger partial charge in [0.05, 0.1) is 48.1 Å². The van der Waals surface area contributed by atoms with Crippen molar-refractivity contribution in [3.05, 3.63) is 185 Å². The highest BCUT2D eigenvalue weighted by Crippen LogP contribution is 2.56. The fraction of sp³-hybridized carbons (Fsp3) is 0.200. The molecule has 0 spiro atoms. The van der Waals surface area contributed by atoms with Crippen molar-refractivity contribution in [2.45, 2.75) is 74.1 Å². The minimum atomic E-state index is -0.437. The Morgan fingerprint density at radius 1 is 0.477 bits per heavy atom. The van der Waals surface area contributed by atoms with E-state index in [2.05, 4.69) is 139 Å². The summed E-state index contributed by atoms with van der Waals surface area (Å²) < 4.78 is 0. The van der Waals surface area contributed by atoms with E-state index in [-0.39, 0.29) is 38.6 Å². The lowest BCUT2D eigenvalue weighted by molar-refractivity contribution is 0.0988. The monoisotopic (exact) mass is 934 g/mol. The molecular formula is C55H46Cl4N4O2. The predicted molar refractivity (Wildman–Crippen MR) is 271 cm³/mol. The Hall–Kier alpha value is -5.76. The molecule has 326 valence electrons. The summed E-state index contributed by atoms with van der Waals surface area (Å²) in [6.07, 6.45) is 3.47. The van der Waals surface area contributed by atoms with Gasteiger partial charge in [0.2, 0.25) is 0 Å². The molecule has 0 saturated carbocycles. The Bertz CT molecular complexity index is 3090. The summed E-state index contributed by atoms with van der Waals surface area (Å²) in [5, 5.41) is 1.10. The van der Waals surface area contributed by atoms with Crippen molar-refractivity contribution in [2.75, 3.05) is 9.80 Å². The number of benzene rings is 6. The zero-order valence-electron chi connectivity index (χ0n) is 37.6. The third kappa shape index (κ3) is 7.84. The van der Waals surface area contributed by atoms with Gasteiger partial charge in [0.25, 0.3) is 0 Å². The van der Waals surface area contributed by atoms with E-state index in [1.54, 1.807) is 18.2 Å². The van der Waals surface area contributed by atoms with Crippen molar-refractivity contribution in [1.29, 1.82) is 0 Å². The molecule has 2 aliphatic rings. The second-order valence-electron chi connectivity index (χ2n) is 17.9. The fourth-order valence-electron chi connectivity index (χ4n) is 9.36. The van der Waals surface area contributed by atoms with Crippen LogP contribution in [0, 0.1) is 34.6 Å². The molecule has 65 heavy (non-hydrogen) atoms. The van der Waals surface area contributed by atoms with Gasteiger partial charge in [0.1, 0.15) is 5.82 Å². The Morgan fingerprint density at radius 3 is 1.28 bits per heavy atom. The number of aryl methyl sites for hydroxylation is 5. The lowest BCUT2D eigenvalue weighted by Gasteiger charge is -2.32. The summed E-state index contributed by atoms with van der Waals surface area (Å²) in [5.41, 5.74) is 14.9. The number of Topliss-reactive ketones (excluding diaryl/α,β-unsaturated/α-hetero) is 2. The number of aromatic nitrogens is 2. The molecule has 6 nitrogen and oxygen atoms in total. The largest absolute Gasteiger partial charge is 0.288 e. The molecule has 0 N–H and O–H groups in total. The van der Waals surface area contributed by atoms with Crippen LogP contribution < -0.4 is 9.80 Å². The fourth-order valence-corrected chi connectivity index (χ4v) is 10.00. The number of rotatable bonds is 7. The van der Waals surface area contributed by atoms with Crippen LogP contribution in [0.2, 0.25) is 20.1 Å². The highest BCUT2D eigenvalue weighted by atomic mass is 35.5. The van der Waals surface area contributed by atoms with Gasteiger partial charge in [0.15, 0.2) is 23.2 Å². The summed E-state index contributed by atoms with van der Waals surface area (Å²) in [4.78, 5) is 43.7. The van der Waals surface area contributed by atoms with Crippen LogP contribution in [0.5, 0.6) is 0 Å². The molecule has 0 fully saturated rings. The van der Waals surface area contributed by atoms with Gasteiger partial charge in [-0.15, -0.1) is 0 Å². The number of hydrogen-bond donors (Lipinski definition) is 0. The van der Waals surface area contributed by atoms with Gasteiger partial charge in [0, 0.05) is 22.3 Å². The molecule has 0 amide bonds. The summed E-state index contributed by atoms with van der Waals surface area (Å²) in [5.74, 6) is 0.962. The summed E-state index contributed by atoms with van der Waals surface area (Å²) >= 11 is 26.3. The summed E-state index contributed by atoms with van der Waals surface area (Å²) in [7, 11) is 0. The molecule has 1 aliphatic carbocycles. The molecule has 7 aromatic rings. The van der Waals surface area contributed by atoms with Crippen molar-refractivity contribution in [1.82, 2.24) is 9.97 Å². The van der Waals surface area contributed by atoms with E-state index < -0.39 is 11.6 Å². The first-order chi connectivity index (χ1) is 30.9. The standard InChI is InChI=1S/C55H46Cl4N4O2/c1-27(2)36-11-10-12-37(28(3)4)50(36)62-49(14-13-38-52(64)41-23-43(56)44(57)24-42(41)53(38)65)63(55-54(62)60-47-25-45(58)46(59)26-48(47)61-55)51-39(34-17-29(5)15-30(6)18-34)21-33(9)22-40(51)35-19-31(7)16-32(8)20-35/h10-28H,1-9H3/b49-14+. The first-order valence-corrected chi connectivity index (χ1v) is 23.1. The van der Waals surface area contributed by atoms with E-state index in [9.17, 15) is 9.59 Å². The normalized spacial score (nSPS) is 14.2. The molecule has 0 radical (unpaired) electrons. The number of para-hydroxylation sites is 1. The quantitative estimate of drug-likeness (QED) is 0.117. The lowest BCUT2D eigenvalue weighted by Crippen LogP contribution is -2.25. The van der Waals surface area contributed by atoms with Gasteiger partial charge in [-0.25, -0.2) is 9.97 Å². The molecule has 0 atom stereocenters. The van der Waals surface area contributed by atoms with E-state index in [1.165, 1.54) is 12.1 Å². The molecule has 1 aliphatic heterocycles. The Labute approximate surface area is 400 Å². The van der Waals surface area contributed by atoms with Gasteiger partial charge >= 0.3 is 0 Å². The third-order valence-corrected chi connectivity index (χ3v) is 13.5. The van der Waals surface area contributed by atoms with Gasteiger partial charge in [-0.05, 0) is 123 Å². The van der Waals surface area contributed by atoms with E-state index in [0.29, 0.717) is 38.5 Å². The van der Waals surface area contributed by atoms with E-state index in [4.69, 9.17) is 56.4 Å². The molecular weight excluding hydrogens is 890 g/mol.